The van der Waals surface area contributed by atoms with Crippen LogP contribution in [0.2, 0.25) is 5.02 Å². The Bertz CT molecular complexity index is 644. The Kier molecular flexibility index (Phi) is 5.31. The molecule has 1 aliphatic rings. The summed E-state index contributed by atoms with van der Waals surface area (Å²) in [4.78, 5) is 1.61. The zero-order valence-electron chi connectivity index (χ0n) is 13.5. The maximum Gasteiger partial charge on any atom is 0.103 e. The molecule has 0 bridgehead atoms. The second-order valence-electron chi connectivity index (χ2n) is 6.06. The second kappa shape index (κ2) is 7.62. The second-order valence-corrected chi connectivity index (χ2v) is 6.49. The number of quaternary nitrogens is 1. The van der Waals surface area contributed by atoms with Crippen LogP contribution in [0.3, 0.4) is 0 Å². The van der Waals surface area contributed by atoms with Crippen molar-refractivity contribution in [3.63, 3.8) is 0 Å². The van der Waals surface area contributed by atoms with Crippen LogP contribution < -0.4 is 4.90 Å². The average Bonchev–Trinajstić information content (AvgIpc) is 2.59. The van der Waals surface area contributed by atoms with Crippen LogP contribution in [0.1, 0.15) is 18.1 Å². The lowest BCUT2D eigenvalue weighted by molar-refractivity contribution is -0.918. The van der Waals surface area contributed by atoms with Gasteiger partial charge in [-0.1, -0.05) is 54.1 Å². The largest absolute Gasteiger partial charge is 0.328 e. The standard InChI is InChI=1S/C19H22ClN3/c1-16(18-5-3-2-4-6-18)21-23-13-11-22(12-14-23)15-17-7-9-19(20)10-8-17/h2-10H,11-15H2,1H3/p+1/b21-16+. The number of nitrogens with zero attached hydrogens (tertiary/aromatic N) is 2. The summed E-state index contributed by atoms with van der Waals surface area (Å²) in [6, 6.07) is 18.6. The first-order chi connectivity index (χ1) is 11.2. The van der Waals surface area contributed by atoms with E-state index in [9.17, 15) is 0 Å². The quantitative estimate of drug-likeness (QED) is 0.855. The minimum Gasteiger partial charge on any atom is -0.328 e. The zero-order valence-corrected chi connectivity index (χ0v) is 14.3. The fraction of sp³-hybridized carbons (Fsp3) is 0.316. The van der Waals surface area contributed by atoms with E-state index in [2.05, 4.69) is 48.3 Å². The van der Waals surface area contributed by atoms with Crippen molar-refractivity contribution < 1.29 is 4.90 Å². The Morgan fingerprint density at radius 1 is 1.04 bits per heavy atom. The van der Waals surface area contributed by atoms with Crippen molar-refractivity contribution in [3.05, 3.63) is 70.7 Å². The number of rotatable bonds is 4. The summed E-state index contributed by atoms with van der Waals surface area (Å²) in [6.07, 6.45) is 0. The third-order valence-corrected chi connectivity index (χ3v) is 4.55. The Balaban J connectivity index is 1.53. The molecule has 1 heterocycles. The molecule has 0 aromatic heterocycles. The van der Waals surface area contributed by atoms with Crippen molar-refractivity contribution in [1.82, 2.24) is 5.01 Å². The molecule has 1 N–H and O–H groups in total. The Hall–Kier alpha value is -1.84. The van der Waals surface area contributed by atoms with E-state index in [0.717, 1.165) is 43.5 Å². The highest BCUT2D eigenvalue weighted by molar-refractivity contribution is 6.30. The van der Waals surface area contributed by atoms with Crippen molar-refractivity contribution >= 4 is 17.3 Å². The smallest absolute Gasteiger partial charge is 0.103 e. The van der Waals surface area contributed by atoms with E-state index in [-0.39, 0.29) is 0 Å². The normalized spacial score (nSPS) is 16.6. The van der Waals surface area contributed by atoms with Gasteiger partial charge in [0.25, 0.3) is 0 Å². The molecular formula is C19H23ClN3+. The summed E-state index contributed by atoms with van der Waals surface area (Å²) in [7, 11) is 0. The molecular weight excluding hydrogens is 306 g/mol. The van der Waals surface area contributed by atoms with Gasteiger partial charge >= 0.3 is 0 Å². The number of hydrazone groups is 1. The lowest BCUT2D eigenvalue weighted by Gasteiger charge is -2.31. The van der Waals surface area contributed by atoms with Crippen molar-refractivity contribution in [3.8, 4) is 0 Å². The van der Waals surface area contributed by atoms with Crippen LogP contribution in [0.25, 0.3) is 0 Å². The van der Waals surface area contributed by atoms with Gasteiger partial charge in [-0.05, 0) is 24.6 Å². The monoisotopic (exact) mass is 328 g/mol. The van der Waals surface area contributed by atoms with Crippen molar-refractivity contribution in [2.45, 2.75) is 13.5 Å². The van der Waals surface area contributed by atoms with Gasteiger partial charge in [0.2, 0.25) is 0 Å². The van der Waals surface area contributed by atoms with Gasteiger partial charge in [0.15, 0.2) is 0 Å². The maximum absolute atomic E-state index is 5.94. The van der Waals surface area contributed by atoms with Crippen molar-refractivity contribution in [2.24, 2.45) is 5.10 Å². The van der Waals surface area contributed by atoms with Crippen molar-refractivity contribution in [2.75, 3.05) is 26.2 Å². The van der Waals surface area contributed by atoms with E-state index in [1.165, 1.54) is 11.1 Å². The van der Waals surface area contributed by atoms with Gasteiger partial charge in [-0.15, -0.1) is 0 Å². The van der Waals surface area contributed by atoms with Gasteiger partial charge in [-0.3, -0.25) is 5.01 Å². The molecule has 3 nitrogen and oxygen atoms in total. The number of piperazine rings is 1. The van der Waals surface area contributed by atoms with E-state index in [0.29, 0.717) is 0 Å². The van der Waals surface area contributed by atoms with Crippen molar-refractivity contribution in [1.29, 1.82) is 0 Å². The van der Waals surface area contributed by atoms with Crippen LogP contribution in [-0.4, -0.2) is 36.9 Å². The first kappa shape index (κ1) is 16.0. The molecule has 1 aliphatic heterocycles. The minimum atomic E-state index is 0.805. The molecule has 0 aliphatic carbocycles. The number of halogens is 1. The predicted molar refractivity (Wildman–Crippen MR) is 96.1 cm³/mol. The molecule has 1 fully saturated rings. The molecule has 0 amide bonds. The van der Waals surface area contributed by atoms with E-state index in [4.69, 9.17) is 16.7 Å². The Morgan fingerprint density at radius 3 is 2.35 bits per heavy atom. The highest BCUT2D eigenvalue weighted by Crippen LogP contribution is 2.08. The lowest BCUT2D eigenvalue weighted by Crippen LogP contribution is -3.13. The Labute approximate surface area is 143 Å². The lowest BCUT2D eigenvalue weighted by atomic mass is 10.1. The molecule has 3 rings (SSSR count). The molecule has 1 saturated heterocycles. The molecule has 2 aromatic carbocycles. The highest BCUT2D eigenvalue weighted by atomic mass is 35.5. The van der Waals surface area contributed by atoms with E-state index in [1.807, 2.05) is 18.2 Å². The molecule has 23 heavy (non-hydrogen) atoms. The van der Waals surface area contributed by atoms with Crippen LogP contribution in [0.4, 0.5) is 0 Å². The fourth-order valence-corrected chi connectivity index (χ4v) is 3.05. The molecule has 4 heteroatoms. The van der Waals surface area contributed by atoms with Crippen LogP contribution in [0, 0.1) is 0 Å². The molecule has 0 radical (unpaired) electrons. The first-order valence-electron chi connectivity index (χ1n) is 8.14. The number of benzene rings is 2. The summed E-state index contributed by atoms with van der Waals surface area (Å²) in [5.41, 5.74) is 3.64. The minimum absolute atomic E-state index is 0.805. The topological polar surface area (TPSA) is 20.0 Å². The van der Waals surface area contributed by atoms with Crippen LogP contribution >= 0.6 is 11.6 Å². The Morgan fingerprint density at radius 2 is 1.70 bits per heavy atom. The molecule has 0 saturated carbocycles. The summed E-state index contributed by atoms with van der Waals surface area (Å²) in [6.45, 7) is 7.40. The van der Waals surface area contributed by atoms with Crippen LogP contribution in [-0.2, 0) is 6.54 Å². The van der Waals surface area contributed by atoms with E-state index >= 15 is 0 Å². The zero-order chi connectivity index (χ0) is 16.1. The average molecular weight is 329 g/mol. The maximum atomic E-state index is 5.94. The predicted octanol–water partition coefficient (Wildman–Crippen LogP) is 2.46. The summed E-state index contributed by atoms with van der Waals surface area (Å²) < 4.78 is 0. The number of hydrogen-bond acceptors (Lipinski definition) is 2. The first-order valence-corrected chi connectivity index (χ1v) is 8.52. The molecule has 2 aromatic rings. The number of nitrogens with one attached hydrogen (secondary N) is 1. The summed E-state index contributed by atoms with van der Waals surface area (Å²) in [5, 5.41) is 7.79. The molecule has 0 unspecified atom stereocenters. The van der Waals surface area contributed by atoms with Crippen LogP contribution in [0.15, 0.2) is 59.7 Å². The third kappa shape index (κ3) is 4.57. The summed E-state index contributed by atoms with van der Waals surface area (Å²) in [5.74, 6) is 0. The van der Waals surface area contributed by atoms with Gasteiger partial charge in [0.1, 0.15) is 6.54 Å². The molecule has 0 spiro atoms. The highest BCUT2D eigenvalue weighted by Gasteiger charge is 2.19. The summed E-state index contributed by atoms with van der Waals surface area (Å²) >= 11 is 5.94. The van der Waals surface area contributed by atoms with Gasteiger partial charge in [-0.25, -0.2) is 0 Å². The van der Waals surface area contributed by atoms with Gasteiger partial charge in [0, 0.05) is 10.6 Å². The fourth-order valence-electron chi connectivity index (χ4n) is 2.93. The SMILES string of the molecule is C/C(=N\N1CC[NH+](Cc2ccc(Cl)cc2)CC1)c1ccccc1. The van der Waals surface area contributed by atoms with Gasteiger partial charge < -0.3 is 4.90 Å². The van der Waals surface area contributed by atoms with Gasteiger partial charge in [0.05, 0.1) is 31.9 Å². The van der Waals surface area contributed by atoms with Crippen LogP contribution in [0.5, 0.6) is 0 Å². The molecule has 120 valence electrons. The number of hydrogen-bond donors (Lipinski definition) is 1. The van der Waals surface area contributed by atoms with Gasteiger partial charge in [-0.2, -0.15) is 5.10 Å². The van der Waals surface area contributed by atoms with E-state index in [1.54, 1.807) is 4.90 Å². The third-order valence-electron chi connectivity index (χ3n) is 4.30. The molecule has 0 atom stereocenters. The van der Waals surface area contributed by atoms with E-state index < -0.39 is 0 Å².